The zero-order valence-corrected chi connectivity index (χ0v) is 8.58. The Balaban J connectivity index is 2.51. The number of rotatable bonds is 2. The van der Waals surface area contributed by atoms with Crippen LogP contribution in [0.4, 0.5) is 0 Å². The molecule has 0 aliphatic carbocycles. The van der Waals surface area contributed by atoms with Crippen LogP contribution in [0.1, 0.15) is 41.6 Å². The van der Waals surface area contributed by atoms with E-state index in [1.165, 1.54) is 0 Å². The van der Waals surface area contributed by atoms with E-state index in [0.717, 1.165) is 42.7 Å². The SMILES string of the molecule is CC(C)n1nc2c(c1C=O)CNCC2. The smallest absolute Gasteiger partial charge is 0.168 e. The van der Waals surface area contributed by atoms with Gasteiger partial charge in [0.15, 0.2) is 6.29 Å². The van der Waals surface area contributed by atoms with Crippen LogP contribution in [0.15, 0.2) is 0 Å². The summed E-state index contributed by atoms with van der Waals surface area (Å²) >= 11 is 0. The molecule has 14 heavy (non-hydrogen) atoms. The molecule has 0 atom stereocenters. The van der Waals surface area contributed by atoms with E-state index in [-0.39, 0.29) is 6.04 Å². The Morgan fingerprint density at radius 2 is 2.36 bits per heavy atom. The maximum absolute atomic E-state index is 11.0. The molecule has 1 aliphatic heterocycles. The third-order valence-corrected chi connectivity index (χ3v) is 2.57. The molecular formula is C10H15N3O. The first-order valence-corrected chi connectivity index (χ1v) is 5.00. The second-order valence-corrected chi connectivity index (χ2v) is 3.89. The van der Waals surface area contributed by atoms with Gasteiger partial charge in [0.1, 0.15) is 5.69 Å². The molecule has 4 nitrogen and oxygen atoms in total. The average Bonchev–Trinajstić information content (AvgIpc) is 2.56. The summed E-state index contributed by atoms with van der Waals surface area (Å²) in [6.45, 7) is 5.81. The van der Waals surface area contributed by atoms with Crippen LogP contribution in [-0.4, -0.2) is 22.6 Å². The third-order valence-electron chi connectivity index (χ3n) is 2.57. The summed E-state index contributed by atoms with van der Waals surface area (Å²) < 4.78 is 1.82. The Kier molecular flexibility index (Phi) is 2.37. The second kappa shape index (κ2) is 3.53. The Hall–Kier alpha value is -1.16. The van der Waals surface area contributed by atoms with Crippen LogP contribution >= 0.6 is 0 Å². The molecule has 1 aromatic heterocycles. The molecule has 0 fully saturated rings. The van der Waals surface area contributed by atoms with Crippen LogP contribution in [0.5, 0.6) is 0 Å². The first-order chi connectivity index (χ1) is 6.74. The Morgan fingerprint density at radius 3 is 3.00 bits per heavy atom. The first kappa shape index (κ1) is 9.40. The lowest BCUT2D eigenvalue weighted by atomic mass is 10.1. The van der Waals surface area contributed by atoms with Crippen molar-refractivity contribution >= 4 is 6.29 Å². The van der Waals surface area contributed by atoms with E-state index >= 15 is 0 Å². The number of nitrogens with one attached hydrogen (secondary N) is 1. The second-order valence-electron chi connectivity index (χ2n) is 3.89. The maximum atomic E-state index is 11.0. The first-order valence-electron chi connectivity index (χ1n) is 5.00. The van der Waals surface area contributed by atoms with Crippen molar-refractivity contribution in [1.29, 1.82) is 0 Å². The molecule has 0 unspecified atom stereocenters. The van der Waals surface area contributed by atoms with E-state index in [0.29, 0.717) is 0 Å². The van der Waals surface area contributed by atoms with Gasteiger partial charge in [-0.3, -0.25) is 9.48 Å². The Bertz CT molecular complexity index is 354. The summed E-state index contributed by atoms with van der Waals surface area (Å²) in [4.78, 5) is 11.0. The molecule has 0 saturated carbocycles. The highest BCUT2D eigenvalue weighted by atomic mass is 16.1. The lowest BCUT2D eigenvalue weighted by Gasteiger charge is -2.10. The van der Waals surface area contributed by atoms with Gasteiger partial charge >= 0.3 is 0 Å². The van der Waals surface area contributed by atoms with Crippen LogP contribution in [-0.2, 0) is 13.0 Å². The quantitative estimate of drug-likeness (QED) is 0.710. The minimum atomic E-state index is 0.251. The highest BCUT2D eigenvalue weighted by molar-refractivity contribution is 5.75. The monoisotopic (exact) mass is 193 g/mol. The summed E-state index contributed by atoms with van der Waals surface area (Å²) in [6.07, 6.45) is 1.84. The number of aldehydes is 1. The summed E-state index contributed by atoms with van der Waals surface area (Å²) in [6, 6.07) is 0.251. The fourth-order valence-electron chi connectivity index (χ4n) is 1.86. The zero-order valence-electron chi connectivity index (χ0n) is 8.58. The van der Waals surface area contributed by atoms with Crippen molar-refractivity contribution in [2.75, 3.05) is 6.54 Å². The van der Waals surface area contributed by atoms with Crippen molar-refractivity contribution < 1.29 is 4.79 Å². The third kappa shape index (κ3) is 1.35. The lowest BCUT2D eigenvalue weighted by Crippen LogP contribution is -2.23. The van der Waals surface area contributed by atoms with Crippen molar-refractivity contribution in [2.24, 2.45) is 0 Å². The molecule has 1 aliphatic rings. The van der Waals surface area contributed by atoms with E-state index < -0.39 is 0 Å². The van der Waals surface area contributed by atoms with Gasteiger partial charge in [-0.25, -0.2) is 0 Å². The predicted molar refractivity (Wildman–Crippen MR) is 53.4 cm³/mol. The molecule has 0 radical (unpaired) electrons. The number of aromatic nitrogens is 2. The number of hydrogen-bond donors (Lipinski definition) is 1. The summed E-state index contributed by atoms with van der Waals surface area (Å²) in [5.74, 6) is 0. The van der Waals surface area contributed by atoms with Crippen molar-refractivity contribution in [3.8, 4) is 0 Å². The van der Waals surface area contributed by atoms with Crippen LogP contribution in [0.2, 0.25) is 0 Å². The van der Waals surface area contributed by atoms with Crippen LogP contribution in [0.25, 0.3) is 0 Å². The van der Waals surface area contributed by atoms with Gasteiger partial charge < -0.3 is 5.32 Å². The average molecular weight is 193 g/mol. The van der Waals surface area contributed by atoms with E-state index in [4.69, 9.17) is 0 Å². The normalized spacial score (nSPS) is 15.6. The number of hydrogen-bond acceptors (Lipinski definition) is 3. The summed E-state index contributed by atoms with van der Waals surface area (Å²) in [5, 5.41) is 7.72. The Morgan fingerprint density at radius 1 is 1.57 bits per heavy atom. The van der Waals surface area contributed by atoms with Crippen molar-refractivity contribution in [3.05, 3.63) is 17.0 Å². The van der Waals surface area contributed by atoms with E-state index in [2.05, 4.69) is 10.4 Å². The fourth-order valence-corrected chi connectivity index (χ4v) is 1.86. The van der Waals surface area contributed by atoms with Gasteiger partial charge in [-0.05, 0) is 13.8 Å². The van der Waals surface area contributed by atoms with E-state index in [9.17, 15) is 4.79 Å². The van der Waals surface area contributed by atoms with Crippen molar-refractivity contribution in [2.45, 2.75) is 32.9 Å². The fraction of sp³-hybridized carbons (Fsp3) is 0.600. The number of fused-ring (bicyclic) bond motifs is 1. The highest BCUT2D eigenvalue weighted by Crippen LogP contribution is 2.19. The van der Waals surface area contributed by atoms with Gasteiger partial charge in [0.05, 0.1) is 5.69 Å². The number of nitrogens with zero attached hydrogens (tertiary/aromatic N) is 2. The molecule has 4 heteroatoms. The van der Waals surface area contributed by atoms with E-state index in [1.807, 2.05) is 18.5 Å². The number of carbonyl (C=O) groups excluding carboxylic acids is 1. The number of carbonyl (C=O) groups is 1. The van der Waals surface area contributed by atoms with Gasteiger partial charge in [0.2, 0.25) is 0 Å². The molecule has 1 aromatic rings. The standard InChI is InChI=1S/C10H15N3O/c1-7(2)13-10(6-14)8-5-11-4-3-9(8)12-13/h6-7,11H,3-5H2,1-2H3. The van der Waals surface area contributed by atoms with Gasteiger partial charge in [-0.2, -0.15) is 5.10 Å². The maximum Gasteiger partial charge on any atom is 0.168 e. The van der Waals surface area contributed by atoms with Gasteiger partial charge in [-0.15, -0.1) is 0 Å². The molecule has 0 amide bonds. The molecule has 1 N–H and O–H groups in total. The molecule has 0 saturated heterocycles. The lowest BCUT2D eigenvalue weighted by molar-refractivity contribution is 0.111. The Labute approximate surface area is 83.3 Å². The molecule has 2 heterocycles. The molecule has 0 aromatic carbocycles. The molecule has 76 valence electrons. The minimum Gasteiger partial charge on any atom is -0.312 e. The van der Waals surface area contributed by atoms with Gasteiger partial charge in [0.25, 0.3) is 0 Å². The predicted octanol–water partition coefficient (Wildman–Crippen LogP) is 0.922. The molecule has 0 spiro atoms. The zero-order chi connectivity index (χ0) is 10.1. The van der Waals surface area contributed by atoms with Crippen LogP contribution < -0.4 is 5.32 Å². The van der Waals surface area contributed by atoms with Gasteiger partial charge in [-0.1, -0.05) is 0 Å². The molecule has 2 rings (SSSR count). The molecule has 0 bridgehead atoms. The molecular weight excluding hydrogens is 178 g/mol. The minimum absolute atomic E-state index is 0.251. The summed E-state index contributed by atoms with van der Waals surface area (Å²) in [7, 11) is 0. The van der Waals surface area contributed by atoms with Crippen molar-refractivity contribution in [1.82, 2.24) is 15.1 Å². The highest BCUT2D eigenvalue weighted by Gasteiger charge is 2.20. The van der Waals surface area contributed by atoms with Crippen LogP contribution in [0.3, 0.4) is 0 Å². The van der Waals surface area contributed by atoms with E-state index in [1.54, 1.807) is 0 Å². The van der Waals surface area contributed by atoms with Crippen LogP contribution in [0, 0.1) is 0 Å². The van der Waals surface area contributed by atoms with Gasteiger partial charge in [0, 0.05) is 31.1 Å². The largest absolute Gasteiger partial charge is 0.312 e. The summed E-state index contributed by atoms with van der Waals surface area (Å²) in [5.41, 5.74) is 2.90. The van der Waals surface area contributed by atoms with Crippen molar-refractivity contribution in [3.63, 3.8) is 0 Å². The topological polar surface area (TPSA) is 46.9 Å².